The van der Waals surface area contributed by atoms with E-state index in [-0.39, 0.29) is 11.9 Å². The zero-order valence-corrected chi connectivity index (χ0v) is 23.7. The standard InChI is InChI=1S/C28H29ClN8O2S/c1-16-4-6-17(7-5-16)15-37-24-20(33-27(37)36-9-2-3-22(36)26-31-8-10-40-26)12-21(25-34-28(38)39-35-25)32-23(24)18-11-19(29)14-30-13-18/h8,10-14,16-17,22H,2-7,9,15H2,1H3,(H,34,35,38)/t16?,17?,22-/m0/s1. The molecule has 1 saturated heterocycles. The van der Waals surface area contributed by atoms with Crippen molar-refractivity contribution in [1.29, 1.82) is 0 Å². The summed E-state index contributed by atoms with van der Waals surface area (Å²) in [6.07, 6.45) is 12.2. The first kappa shape index (κ1) is 25.4. The number of hydrogen-bond acceptors (Lipinski definition) is 9. The van der Waals surface area contributed by atoms with Crippen molar-refractivity contribution in [2.24, 2.45) is 11.8 Å². The normalized spacial score (nSPS) is 21.4. The van der Waals surface area contributed by atoms with Crippen LogP contribution >= 0.6 is 22.9 Å². The third-order valence-electron chi connectivity index (χ3n) is 8.19. The van der Waals surface area contributed by atoms with Gasteiger partial charge in [0.25, 0.3) is 0 Å². The van der Waals surface area contributed by atoms with E-state index in [1.165, 1.54) is 25.7 Å². The van der Waals surface area contributed by atoms with Gasteiger partial charge in [-0.05, 0) is 49.7 Å². The molecule has 0 aromatic carbocycles. The Morgan fingerprint density at radius 2 is 2.02 bits per heavy atom. The zero-order chi connectivity index (χ0) is 27.2. The van der Waals surface area contributed by atoms with Crippen molar-refractivity contribution in [3.63, 3.8) is 0 Å². The Labute approximate surface area is 239 Å². The first-order chi connectivity index (χ1) is 19.5. The highest BCUT2D eigenvalue weighted by atomic mass is 35.5. The summed E-state index contributed by atoms with van der Waals surface area (Å²) in [5.74, 6) is 1.86. The molecule has 206 valence electrons. The number of thiazole rings is 1. The van der Waals surface area contributed by atoms with Crippen LogP contribution in [0.4, 0.5) is 5.95 Å². The van der Waals surface area contributed by atoms with Gasteiger partial charge in [-0.1, -0.05) is 36.5 Å². The van der Waals surface area contributed by atoms with E-state index >= 15 is 0 Å². The monoisotopic (exact) mass is 576 g/mol. The summed E-state index contributed by atoms with van der Waals surface area (Å²) in [4.78, 5) is 36.1. The number of nitrogens with one attached hydrogen (secondary N) is 1. The molecular weight excluding hydrogens is 548 g/mol. The van der Waals surface area contributed by atoms with Gasteiger partial charge >= 0.3 is 5.76 Å². The molecule has 2 aliphatic rings. The van der Waals surface area contributed by atoms with E-state index in [9.17, 15) is 4.79 Å². The molecule has 1 aliphatic heterocycles. The van der Waals surface area contributed by atoms with Crippen LogP contribution in [-0.2, 0) is 6.54 Å². The van der Waals surface area contributed by atoms with Gasteiger partial charge in [-0.15, -0.1) is 11.3 Å². The lowest BCUT2D eigenvalue weighted by Gasteiger charge is -2.30. The van der Waals surface area contributed by atoms with Gasteiger partial charge in [0.05, 0.1) is 27.8 Å². The summed E-state index contributed by atoms with van der Waals surface area (Å²) in [6, 6.07) is 3.92. The van der Waals surface area contributed by atoms with Gasteiger partial charge in [0.15, 0.2) is 0 Å². The minimum absolute atomic E-state index is 0.178. The Balaban J connectivity index is 1.45. The van der Waals surface area contributed by atoms with Gasteiger partial charge < -0.3 is 9.47 Å². The number of H-pyrrole nitrogens is 1. The quantitative estimate of drug-likeness (QED) is 0.257. The number of imidazole rings is 1. The van der Waals surface area contributed by atoms with Gasteiger partial charge in [0, 0.05) is 42.6 Å². The molecular formula is C28H29ClN8O2S. The highest BCUT2D eigenvalue weighted by Crippen LogP contribution is 2.41. The summed E-state index contributed by atoms with van der Waals surface area (Å²) in [7, 11) is 0. The van der Waals surface area contributed by atoms with E-state index in [1.807, 2.05) is 23.7 Å². The van der Waals surface area contributed by atoms with E-state index in [0.29, 0.717) is 22.3 Å². The lowest BCUT2D eigenvalue weighted by atomic mass is 9.83. The van der Waals surface area contributed by atoms with E-state index in [0.717, 1.165) is 59.4 Å². The molecule has 0 radical (unpaired) electrons. The molecule has 6 heterocycles. The molecule has 12 heteroatoms. The maximum Gasteiger partial charge on any atom is 0.439 e. The Kier molecular flexibility index (Phi) is 6.63. The largest absolute Gasteiger partial charge is 0.439 e. The number of anilines is 1. The van der Waals surface area contributed by atoms with Gasteiger partial charge in [-0.2, -0.15) is 0 Å². The number of aromatic amines is 1. The van der Waals surface area contributed by atoms with E-state index < -0.39 is 5.76 Å². The second-order valence-electron chi connectivity index (χ2n) is 10.9. The van der Waals surface area contributed by atoms with Crippen molar-refractivity contribution in [3.8, 4) is 22.8 Å². The highest BCUT2D eigenvalue weighted by molar-refractivity contribution is 7.09. The van der Waals surface area contributed by atoms with Gasteiger partial charge in [-0.3, -0.25) is 14.5 Å². The molecule has 40 heavy (non-hydrogen) atoms. The van der Waals surface area contributed by atoms with Crippen molar-refractivity contribution >= 4 is 39.9 Å². The van der Waals surface area contributed by atoms with Crippen LogP contribution in [0.25, 0.3) is 33.8 Å². The average Bonchev–Trinajstić information content (AvgIpc) is 3.76. The predicted molar refractivity (Wildman–Crippen MR) is 154 cm³/mol. The molecule has 0 bridgehead atoms. The van der Waals surface area contributed by atoms with Crippen LogP contribution < -0.4 is 10.7 Å². The van der Waals surface area contributed by atoms with E-state index in [2.05, 4.69) is 36.5 Å². The average molecular weight is 577 g/mol. The zero-order valence-electron chi connectivity index (χ0n) is 22.1. The molecule has 1 saturated carbocycles. The molecule has 0 spiro atoms. The minimum atomic E-state index is -0.635. The van der Waals surface area contributed by atoms with Crippen LogP contribution in [0.5, 0.6) is 0 Å². The van der Waals surface area contributed by atoms with Crippen molar-refractivity contribution in [1.82, 2.24) is 34.6 Å². The molecule has 7 rings (SSSR count). The summed E-state index contributed by atoms with van der Waals surface area (Å²) < 4.78 is 7.16. The molecule has 2 fully saturated rings. The van der Waals surface area contributed by atoms with Gasteiger partial charge in [0.1, 0.15) is 10.7 Å². The fraction of sp³-hybridized carbons (Fsp3) is 0.429. The number of rotatable bonds is 6. The molecule has 10 nitrogen and oxygen atoms in total. The number of fused-ring (bicyclic) bond motifs is 1. The van der Waals surface area contributed by atoms with Crippen molar-refractivity contribution in [2.45, 2.75) is 58.0 Å². The number of nitrogens with zero attached hydrogens (tertiary/aromatic N) is 7. The lowest BCUT2D eigenvalue weighted by Crippen LogP contribution is -2.27. The molecule has 0 amide bonds. The Bertz CT molecular complexity index is 1700. The Hall–Kier alpha value is -3.57. The maximum absolute atomic E-state index is 11.8. The summed E-state index contributed by atoms with van der Waals surface area (Å²) in [5, 5.41) is 7.57. The molecule has 5 aromatic heterocycles. The van der Waals surface area contributed by atoms with Gasteiger partial charge in [-0.25, -0.2) is 19.7 Å². The SMILES string of the molecule is CC1CCC(Cn2c(N3CCC[C@H]3c3nccs3)nc3cc(-c4noc(=O)[nH]4)nc(-c4cncc(Cl)c4)c32)CC1. The van der Waals surface area contributed by atoms with Crippen molar-refractivity contribution in [2.75, 3.05) is 11.4 Å². The third-order valence-corrected chi connectivity index (χ3v) is 9.27. The number of pyridine rings is 2. The molecule has 1 N–H and O–H groups in total. The fourth-order valence-electron chi connectivity index (χ4n) is 6.17. The van der Waals surface area contributed by atoms with Crippen molar-refractivity contribution in [3.05, 3.63) is 56.7 Å². The number of halogens is 1. The first-order valence-corrected chi connectivity index (χ1v) is 15.0. The van der Waals surface area contributed by atoms with Crippen LogP contribution in [0, 0.1) is 11.8 Å². The summed E-state index contributed by atoms with van der Waals surface area (Å²) in [6.45, 7) is 4.10. The molecule has 5 aromatic rings. The predicted octanol–water partition coefficient (Wildman–Crippen LogP) is 6.11. The van der Waals surface area contributed by atoms with E-state index in [4.69, 9.17) is 26.1 Å². The Morgan fingerprint density at radius 1 is 1.15 bits per heavy atom. The van der Waals surface area contributed by atoms with Crippen LogP contribution in [0.15, 0.2) is 45.4 Å². The molecule has 0 unspecified atom stereocenters. The number of aromatic nitrogens is 7. The topological polar surface area (TPSA) is 119 Å². The van der Waals surface area contributed by atoms with Crippen molar-refractivity contribution < 1.29 is 4.52 Å². The molecule has 1 atom stereocenters. The fourth-order valence-corrected chi connectivity index (χ4v) is 7.13. The van der Waals surface area contributed by atoms with Gasteiger partial charge in [0.2, 0.25) is 11.8 Å². The van der Waals surface area contributed by atoms with Crippen LogP contribution in [0.2, 0.25) is 5.02 Å². The van der Waals surface area contributed by atoms with Crippen LogP contribution in [0.3, 0.4) is 0 Å². The van der Waals surface area contributed by atoms with Crippen LogP contribution in [-0.4, -0.2) is 41.2 Å². The second kappa shape index (κ2) is 10.4. The number of hydrogen-bond donors (Lipinski definition) is 1. The van der Waals surface area contributed by atoms with E-state index in [1.54, 1.807) is 23.7 Å². The Morgan fingerprint density at radius 3 is 2.77 bits per heavy atom. The van der Waals surface area contributed by atoms with Crippen LogP contribution in [0.1, 0.15) is 56.5 Å². The smallest absolute Gasteiger partial charge is 0.333 e. The maximum atomic E-state index is 11.8. The first-order valence-electron chi connectivity index (χ1n) is 13.8. The minimum Gasteiger partial charge on any atom is -0.333 e. The highest BCUT2D eigenvalue weighted by Gasteiger charge is 2.34. The summed E-state index contributed by atoms with van der Waals surface area (Å²) >= 11 is 8.09. The second-order valence-corrected chi connectivity index (χ2v) is 12.3. The summed E-state index contributed by atoms with van der Waals surface area (Å²) in [5.41, 5.74) is 3.63. The third kappa shape index (κ3) is 4.71. The lowest BCUT2D eigenvalue weighted by molar-refractivity contribution is 0.266. The molecule has 1 aliphatic carbocycles.